The first kappa shape index (κ1) is 19.0. The van der Waals surface area contributed by atoms with Crippen molar-refractivity contribution in [2.75, 3.05) is 14.2 Å². The van der Waals surface area contributed by atoms with E-state index in [0.717, 1.165) is 9.87 Å². The Morgan fingerprint density at radius 2 is 1.84 bits per heavy atom. The molecule has 0 aromatic heterocycles. The van der Waals surface area contributed by atoms with E-state index in [1.807, 2.05) is 6.92 Å². The standard InChI is InChI=1S/C18H21NO5S/c1-13-7-9-16(10-8-13)25(22,23)19(2)17(18(20)21)12-14-5-4-6-15(11-14)24-3/h4-11,17H,12H2,1-3H3,(H,20,21)/t17-/m0/s1. The summed E-state index contributed by atoms with van der Waals surface area (Å²) in [4.78, 5) is 11.8. The zero-order valence-corrected chi connectivity index (χ0v) is 15.2. The zero-order valence-electron chi connectivity index (χ0n) is 14.3. The van der Waals surface area contributed by atoms with Crippen LogP contribution in [0.3, 0.4) is 0 Å². The van der Waals surface area contributed by atoms with Crippen LogP contribution in [0.15, 0.2) is 53.4 Å². The van der Waals surface area contributed by atoms with Gasteiger partial charge in [0.25, 0.3) is 0 Å². The average Bonchev–Trinajstić information content (AvgIpc) is 2.59. The maximum absolute atomic E-state index is 12.7. The van der Waals surface area contributed by atoms with E-state index in [2.05, 4.69) is 0 Å². The summed E-state index contributed by atoms with van der Waals surface area (Å²) in [5.74, 6) is -0.619. The van der Waals surface area contributed by atoms with E-state index in [9.17, 15) is 18.3 Å². The van der Waals surface area contributed by atoms with Crippen LogP contribution < -0.4 is 4.74 Å². The Labute approximate surface area is 147 Å². The molecule has 0 unspecified atom stereocenters. The molecule has 0 aliphatic carbocycles. The van der Waals surface area contributed by atoms with E-state index in [0.29, 0.717) is 11.3 Å². The monoisotopic (exact) mass is 363 g/mol. The second-order valence-electron chi connectivity index (χ2n) is 5.74. The van der Waals surface area contributed by atoms with Gasteiger partial charge < -0.3 is 9.84 Å². The van der Waals surface area contributed by atoms with Crippen molar-refractivity contribution >= 4 is 16.0 Å². The lowest BCUT2D eigenvalue weighted by Gasteiger charge is -2.24. The average molecular weight is 363 g/mol. The van der Waals surface area contributed by atoms with E-state index in [1.54, 1.807) is 36.4 Å². The molecule has 2 rings (SSSR count). The summed E-state index contributed by atoms with van der Waals surface area (Å²) in [5, 5.41) is 9.55. The number of aryl methyl sites for hydroxylation is 1. The van der Waals surface area contributed by atoms with Crippen molar-refractivity contribution in [3.63, 3.8) is 0 Å². The van der Waals surface area contributed by atoms with Crippen molar-refractivity contribution in [2.45, 2.75) is 24.3 Å². The summed E-state index contributed by atoms with van der Waals surface area (Å²) in [5.41, 5.74) is 1.60. The van der Waals surface area contributed by atoms with Crippen molar-refractivity contribution in [2.24, 2.45) is 0 Å². The smallest absolute Gasteiger partial charge is 0.322 e. The number of hydrogen-bond acceptors (Lipinski definition) is 4. The molecule has 0 saturated heterocycles. The zero-order chi connectivity index (χ0) is 18.6. The largest absolute Gasteiger partial charge is 0.497 e. The van der Waals surface area contributed by atoms with Gasteiger partial charge in [0.2, 0.25) is 10.0 Å². The predicted octanol–water partition coefficient (Wildman–Crippen LogP) is 2.32. The van der Waals surface area contributed by atoms with Crippen LogP contribution in [0, 0.1) is 6.92 Å². The molecule has 2 aromatic rings. The molecule has 0 aliphatic heterocycles. The number of carboxylic acid groups (broad SMARTS) is 1. The first-order valence-electron chi connectivity index (χ1n) is 7.66. The Morgan fingerprint density at radius 1 is 1.20 bits per heavy atom. The van der Waals surface area contributed by atoms with Gasteiger partial charge in [-0.1, -0.05) is 29.8 Å². The number of rotatable bonds is 7. The number of nitrogens with zero attached hydrogens (tertiary/aromatic N) is 1. The number of benzene rings is 2. The molecular formula is C18H21NO5S. The van der Waals surface area contributed by atoms with Crippen LogP contribution >= 0.6 is 0 Å². The normalized spacial score (nSPS) is 12.8. The first-order valence-corrected chi connectivity index (χ1v) is 9.10. The van der Waals surface area contributed by atoms with Gasteiger partial charge in [-0.15, -0.1) is 0 Å². The molecule has 0 fully saturated rings. The second kappa shape index (κ2) is 7.67. The van der Waals surface area contributed by atoms with Crippen molar-refractivity contribution in [1.29, 1.82) is 0 Å². The fourth-order valence-electron chi connectivity index (χ4n) is 2.44. The van der Waals surface area contributed by atoms with Crippen LogP contribution in [0.5, 0.6) is 5.75 Å². The van der Waals surface area contributed by atoms with Gasteiger partial charge in [0.15, 0.2) is 0 Å². The third-order valence-electron chi connectivity index (χ3n) is 3.99. The first-order chi connectivity index (χ1) is 11.8. The Hall–Kier alpha value is -2.38. The summed E-state index contributed by atoms with van der Waals surface area (Å²) in [7, 11) is -1.11. The minimum atomic E-state index is -3.91. The van der Waals surface area contributed by atoms with Crippen molar-refractivity contribution < 1.29 is 23.1 Å². The summed E-state index contributed by atoms with van der Waals surface area (Å²) in [6.45, 7) is 1.85. The van der Waals surface area contributed by atoms with Crippen LogP contribution in [0.2, 0.25) is 0 Å². The van der Waals surface area contributed by atoms with Gasteiger partial charge in [-0.3, -0.25) is 4.79 Å². The second-order valence-corrected chi connectivity index (χ2v) is 7.74. The predicted molar refractivity (Wildman–Crippen MR) is 94.2 cm³/mol. The SMILES string of the molecule is COc1cccc(C[C@@H](C(=O)O)N(C)S(=O)(=O)c2ccc(C)cc2)c1. The molecule has 0 spiro atoms. The molecule has 6 nitrogen and oxygen atoms in total. The number of ether oxygens (including phenoxy) is 1. The van der Waals surface area contributed by atoms with Gasteiger partial charge in [0.05, 0.1) is 12.0 Å². The number of sulfonamides is 1. The Bertz CT molecular complexity index is 846. The number of carbonyl (C=O) groups is 1. The molecule has 1 N–H and O–H groups in total. The molecule has 2 aromatic carbocycles. The number of carboxylic acids is 1. The summed E-state index contributed by atoms with van der Waals surface area (Å²) in [6, 6.07) is 12.0. The van der Waals surface area contributed by atoms with Crippen molar-refractivity contribution in [3.05, 3.63) is 59.7 Å². The quantitative estimate of drug-likeness (QED) is 0.816. The molecule has 0 aliphatic rings. The lowest BCUT2D eigenvalue weighted by atomic mass is 10.1. The third-order valence-corrected chi connectivity index (χ3v) is 5.87. The Morgan fingerprint density at radius 3 is 2.40 bits per heavy atom. The molecule has 0 saturated carbocycles. The number of likely N-dealkylation sites (N-methyl/N-ethyl adjacent to an activating group) is 1. The van der Waals surface area contributed by atoms with E-state index in [4.69, 9.17) is 4.74 Å². The van der Waals surface area contributed by atoms with Crippen LogP contribution in [-0.4, -0.2) is 44.0 Å². The van der Waals surface area contributed by atoms with E-state index in [1.165, 1.54) is 26.3 Å². The highest BCUT2D eigenvalue weighted by molar-refractivity contribution is 7.89. The summed E-state index contributed by atoms with van der Waals surface area (Å²) >= 11 is 0. The van der Waals surface area contributed by atoms with E-state index < -0.39 is 22.0 Å². The molecular weight excluding hydrogens is 342 g/mol. The van der Waals surface area contributed by atoms with Gasteiger partial charge in [-0.05, 0) is 43.2 Å². The fraction of sp³-hybridized carbons (Fsp3) is 0.278. The molecule has 1 atom stereocenters. The van der Waals surface area contributed by atoms with Gasteiger partial charge in [-0.2, -0.15) is 4.31 Å². The molecule has 0 amide bonds. The fourth-order valence-corrected chi connectivity index (χ4v) is 3.75. The minimum absolute atomic E-state index is 0.0358. The summed E-state index contributed by atoms with van der Waals surface area (Å²) < 4.78 is 31.5. The van der Waals surface area contributed by atoms with Crippen LogP contribution in [0.4, 0.5) is 0 Å². The van der Waals surface area contributed by atoms with Crippen molar-refractivity contribution in [3.8, 4) is 5.75 Å². The molecule has 0 radical (unpaired) electrons. The highest BCUT2D eigenvalue weighted by Crippen LogP contribution is 2.21. The topological polar surface area (TPSA) is 83.9 Å². The highest BCUT2D eigenvalue weighted by Gasteiger charge is 2.33. The van der Waals surface area contributed by atoms with E-state index >= 15 is 0 Å². The minimum Gasteiger partial charge on any atom is -0.497 e. The van der Waals surface area contributed by atoms with Crippen LogP contribution in [-0.2, 0) is 21.2 Å². The Kier molecular flexibility index (Phi) is 5.81. The lowest BCUT2D eigenvalue weighted by Crippen LogP contribution is -2.43. The van der Waals surface area contributed by atoms with Gasteiger partial charge >= 0.3 is 5.97 Å². The molecule has 25 heavy (non-hydrogen) atoms. The van der Waals surface area contributed by atoms with Gasteiger partial charge in [0, 0.05) is 7.05 Å². The summed E-state index contributed by atoms with van der Waals surface area (Å²) in [6.07, 6.45) is 0.0358. The number of methoxy groups -OCH3 is 1. The maximum atomic E-state index is 12.7. The number of aliphatic carboxylic acids is 1. The lowest BCUT2D eigenvalue weighted by molar-refractivity contribution is -0.141. The maximum Gasteiger partial charge on any atom is 0.322 e. The molecule has 0 bridgehead atoms. The Balaban J connectivity index is 2.32. The number of hydrogen-bond donors (Lipinski definition) is 1. The molecule has 0 heterocycles. The van der Waals surface area contributed by atoms with Crippen molar-refractivity contribution in [1.82, 2.24) is 4.31 Å². The van der Waals surface area contributed by atoms with Gasteiger partial charge in [-0.25, -0.2) is 8.42 Å². The molecule has 134 valence electrons. The van der Waals surface area contributed by atoms with Gasteiger partial charge in [0.1, 0.15) is 11.8 Å². The van der Waals surface area contributed by atoms with Crippen LogP contribution in [0.25, 0.3) is 0 Å². The van der Waals surface area contributed by atoms with Crippen LogP contribution in [0.1, 0.15) is 11.1 Å². The highest BCUT2D eigenvalue weighted by atomic mass is 32.2. The molecule has 7 heteroatoms. The third kappa shape index (κ3) is 4.37. The van der Waals surface area contributed by atoms with E-state index in [-0.39, 0.29) is 11.3 Å².